The highest BCUT2D eigenvalue weighted by Gasteiger charge is 2.19. The van der Waals surface area contributed by atoms with Gasteiger partial charge in [-0.1, -0.05) is 6.92 Å². The van der Waals surface area contributed by atoms with Crippen molar-refractivity contribution in [2.75, 3.05) is 19.7 Å². The van der Waals surface area contributed by atoms with Gasteiger partial charge in [0.25, 0.3) is 0 Å². The predicted molar refractivity (Wildman–Crippen MR) is 58.9 cm³/mol. The lowest BCUT2D eigenvalue weighted by molar-refractivity contribution is -0.138. The van der Waals surface area contributed by atoms with Crippen LogP contribution in [0.25, 0.3) is 0 Å². The number of nitrogens with zero attached hydrogens (tertiary/aromatic N) is 1. The van der Waals surface area contributed by atoms with Crippen LogP contribution >= 0.6 is 0 Å². The second kappa shape index (κ2) is 5.44. The van der Waals surface area contributed by atoms with Gasteiger partial charge in [0.05, 0.1) is 18.7 Å². The Hall–Kier alpha value is -1.45. The van der Waals surface area contributed by atoms with Gasteiger partial charge in [0.15, 0.2) is 0 Å². The molecule has 84 valence electrons. The number of hydrogen-bond acceptors (Lipinski definition) is 4. The van der Waals surface area contributed by atoms with Gasteiger partial charge in [-0.2, -0.15) is 0 Å². The van der Waals surface area contributed by atoms with Gasteiger partial charge >= 0.3 is 5.97 Å². The first kappa shape index (κ1) is 11.6. The molecule has 0 amide bonds. The first-order valence-corrected chi connectivity index (χ1v) is 5.27. The first-order valence-electron chi connectivity index (χ1n) is 5.27. The molecule has 0 radical (unpaired) electrons. The lowest BCUT2D eigenvalue weighted by atomic mass is 10.1. The maximum Gasteiger partial charge on any atom is 0.337 e. The van der Waals surface area contributed by atoms with Gasteiger partial charge in [-0.3, -0.25) is 0 Å². The largest absolute Gasteiger partial charge is 0.463 e. The van der Waals surface area contributed by atoms with Crippen molar-refractivity contribution in [2.45, 2.75) is 20.3 Å². The van der Waals surface area contributed by atoms with E-state index < -0.39 is 0 Å². The van der Waals surface area contributed by atoms with Gasteiger partial charge in [0.1, 0.15) is 0 Å². The van der Waals surface area contributed by atoms with Gasteiger partial charge in [-0.05, 0) is 19.4 Å². The average molecular weight is 210 g/mol. The second-order valence-corrected chi connectivity index (χ2v) is 3.44. The third kappa shape index (κ3) is 3.01. The van der Waals surface area contributed by atoms with Crippen LogP contribution in [0, 0.1) is 0 Å². The Morgan fingerprint density at radius 3 is 2.93 bits per heavy atom. The fourth-order valence-electron chi connectivity index (χ4n) is 1.47. The topological polar surface area (TPSA) is 55.6 Å². The van der Waals surface area contributed by atoms with Crippen LogP contribution in [0.15, 0.2) is 23.5 Å². The zero-order valence-electron chi connectivity index (χ0n) is 9.32. The van der Waals surface area contributed by atoms with E-state index in [1.165, 1.54) is 0 Å². The number of rotatable bonds is 4. The summed E-state index contributed by atoms with van der Waals surface area (Å²) < 4.78 is 4.94. The van der Waals surface area contributed by atoms with Gasteiger partial charge in [-0.15, -0.1) is 0 Å². The molecule has 0 unspecified atom stereocenters. The molecule has 0 aromatic heterocycles. The van der Waals surface area contributed by atoms with Crippen LogP contribution in [0.1, 0.15) is 20.3 Å². The van der Waals surface area contributed by atoms with Crippen LogP contribution in [0.2, 0.25) is 0 Å². The van der Waals surface area contributed by atoms with Crippen molar-refractivity contribution in [3.63, 3.8) is 0 Å². The van der Waals surface area contributed by atoms with E-state index in [2.05, 4.69) is 11.8 Å². The lowest BCUT2D eigenvalue weighted by Crippen LogP contribution is -2.30. The Morgan fingerprint density at radius 2 is 2.33 bits per heavy atom. The number of carbonyl (C=O) groups excluding carboxylic acids is 1. The van der Waals surface area contributed by atoms with Gasteiger partial charge in [0, 0.05) is 18.4 Å². The summed E-state index contributed by atoms with van der Waals surface area (Å²) in [6, 6.07) is 0. The summed E-state index contributed by atoms with van der Waals surface area (Å²) >= 11 is 0. The van der Waals surface area contributed by atoms with Gasteiger partial charge in [0.2, 0.25) is 0 Å². The molecule has 1 aliphatic heterocycles. The zero-order valence-corrected chi connectivity index (χ0v) is 9.32. The van der Waals surface area contributed by atoms with E-state index in [1.54, 1.807) is 13.0 Å². The van der Waals surface area contributed by atoms with E-state index in [0.29, 0.717) is 24.4 Å². The summed E-state index contributed by atoms with van der Waals surface area (Å²) in [5.41, 5.74) is 6.81. The predicted octanol–water partition coefficient (Wildman–Crippen LogP) is 1.00. The molecule has 4 heteroatoms. The zero-order chi connectivity index (χ0) is 11.3. The average Bonchev–Trinajstić information content (AvgIpc) is 2.21. The number of allylic oxidation sites excluding steroid dienone is 1. The normalized spacial score (nSPS) is 15.7. The van der Waals surface area contributed by atoms with Crippen molar-refractivity contribution in [3.05, 3.63) is 23.5 Å². The SMILES string of the molecule is CCCN1C=CC(N)=C(C(=O)OCC)C1. The van der Waals surface area contributed by atoms with E-state index in [4.69, 9.17) is 10.5 Å². The quantitative estimate of drug-likeness (QED) is 0.703. The van der Waals surface area contributed by atoms with Crippen LogP contribution in [0.5, 0.6) is 0 Å². The van der Waals surface area contributed by atoms with E-state index >= 15 is 0 Å². The molecule has 2 N–H and O–H groups in total. The Kier molecular flexibility index (Phi) is 4.21. The molecule has 1 rings (SSSR count). The fraction of sp³-hybridized carbons (Fsp3) is 0.545. The van der Waals surface area contributed by atoms with Crippen molar-refractivity contribution >= 4 is 5.97 Å². The standard InChI is InChI=1S/C11H18N2O2/c1-3-6-13-7-5-10(12)9(8-13)11(14)15-4-2/h5,7H,3-4,6,8,12H2,1-2H3. The fourth-order valence-corrected chi connectivity index (χ4v) is 1.47. The number of hydrogen-bond donors (Lipinski definition) is 1. The monoisotopic (exact) mass is 210 g/mol. The molecule has 0 aliphatic carbocycles. The van der Waals surface area contributed by atoms with E-state index in [-0.39, 0.29) is 5.97 Å². The molecule has 0 aromatic rings. The molecular weight excluding hydrogens is 192 g/mol. The molecule has 0 saturated heterocycles. The van der Waals surface area contributed by atoms with E-state index in [0.717, 1.165) is 13.0 Å². The smallest absolute Gasteiger partial charge is 0.337 e. The van der Waals surface area contributed by atoms with E-state index in [9.17, 15) is 4.79 Å². The minimum absolute atomic E-state index is 0.305. The molecule has 0 atom stereocenters. The minimum Gasteiger partial charge on any atom is -0.463 e. The highest BCUT2D eigenvalue weighted by atomic mass is 16.5. The maximum absolute atomic E-state index is 11.5. The molecule has 15 heavy (non-hydrogen) atoms. The van der Waals surface area contributed by atoms with Crippen molar-refractivity contribution in [3.8, 4) is 0 Å². The summed E-state index contributed by atoms with van der Waals surface area (Å²) in [6.07, 6.45) is 4.72. The molecule has 0 aromatic carbocycles. The number of esters is 1. The summed E-state index contributed by atoms with van der Waals surface area (Å²) in [5, 5.41) is 0. The highest BCUT2D eigenvalue weighted by Crippen LogP contribution is 2.13. The van der Waals surface area contributed by atoms with Crippen LogP contribution in [0.3, 0.4) is 0 Å². The molecule has 0 saturated carbocycles. The Morgan fingerprint density at radius 1 is 1.60 bits per heavy atom. The van der Waals surface area contributed by atoms with Crippen LogP contribution in [-0.2, 0) is 9.53 Å². The number of ether oxygens (including phenoxy) is 1. The lowest BCUT2D eigenvalue weighted by Gasteiger charge is -2.24. The summed E-state index contributed by atoms with van der Waals surface area (Å²) in [5.74, 6) is -0.305. The third-order valence-electron chi connectivity index (χ3n) is 2.21. The highest BCUT2D eigenvalue weighted by molar-refractivity contribution is 5.90. The van der Waals surface area contributed by atoms with Crippen molar-refractivity contribution in [1.29, 1.82) is 0 Å². The number of nitrogens with two attached hydrogens (primary N) is 1. The summed E-state index contributed by atoms with van der Waals surface area (Å²) in [6.45, 7) is 5.74. The Balaban J connectivity index is 2.69. The first-order chi connectivity index (χ1) is 7.19. The molecule has 0 spiro atoms. The number of carbonyl (C=O) groups is 1. The summed E-state index contributed by atoms with van der Waals surface area (Å²) in [7, 11) is 0. The van der Waals surface area contributed by atoms with E-state index in [1.807, 2.05) is 6.20 Å². The summed E-state index contributed by atoms with van der Waals surface area (Å²) in [4.78, 5) is 13.6. The van der Waals surface area contributed by atoms with Crippen LogP contribution < -0.4 is 5.73 Å². The van der Waals surface area contributed by atoms with Gasteiger partial charge in [-0.25, -0.2) is 4.79 Å². The van der Waals surface area contributed by atoms with Crippen molar-refractivity contribution in [2.24, 2.45) is 5.73 Å². The van der Waals surface area contributed by atoms with Crippen molar-refractivity contribution in [1.82, 2.24) is 4.90 Å². The molecular formula is C11H18N2O2. The maximum atomic E-state index is 11.5. The molecule has 1 heterocycles. The molecule has 4 nitrogen and oxygen atoms in total. The second-order valence-electron chi connectivity index (χ2n) is 3.44. The third-order valence-corrected chi connectivity index (χ3v) is 2.21. The van der Waals surface area contributed by atoms with Crippen LogP contribution in [0.4, 0.5) is 0 Å². The molecule has 0 fully saturated rings. The Labute approximate surface area is 90.4 Å². The Bertz CT molecular complexity index is 295. The molecule has 0 bridgehead atoms. The van der Waals surface area contributed by atoms with Crippen LogP contribution in [-0.4, -0.2) is 30.6 Å². The van der Waals surface area contributed by atoms with Gasteiger partial charge < -0.3 is 15.4 Å². The van der Waals surface area contributed by atoms with Crippen molar-refractivity contribution < 1.29 is 9.53 Å². The minimum atomic E-state index is -0.305. The molecule has 1 aliphatic rings.